The Morgan fingerprint density at radius 1 is 0.385 bits per heavy atom. The molecule has 258 valence electrons. The Hall–Kier alpha value is -6.20. The Morgan fingerprint density at radius 3 is 1.10 bits per heavy atom. The number of aliphatic hydroxyl groups is 4. The van der Waals surface area contributed by atoms with Crippen molar-refractivity contribution in [3.63, 3.8) is 0 Å². The van der Waals surface area contributed by atoms with Crippen LogP contribution in [0.3, 0.4) is 0 Å². The van der Waals surface area contributed by atoms with Crippen molar-refractivity contribution < 1.29 is 38.7 Å². The average Bonchev–Trinajstić information content (AvgIpc) is 3.87. The van der Waals surface area contributed by atoms with E-state index in [9.17, 15) is 20.4 Å². The molecule has 0 atom stereocenters. The first-order valence-electron chi connectivity index (χ1n) is 16.9. The van der Waals surface area contributed by atoms with Gasteiger partial charge in [0.2, 0.25) is 0 Å². The number of aliphatic hydroxyl groups excluding tert-OH is 4. The highest BCUT2D eigenvalue weighted by molar-refractivity contribution is 6.05. The molecule has 16 heteroatoms. The van der Waals surface area contributed by atoms with Crippen LogP contribution in [0.1, 0.15) is 0 Å². The molecule has 9 rings (SSSR count). The zero-order valence-electron chi connectivity index (χ0n) is 27.8. The standard InChI is InChI=1S/C36H33N12O4/c49-13-9-45-5-1-21-25(17-45)33-37-29(21)41-34-26-18-46(10-14-50)6-2-22(26)31(38-34)43-36-28-20-48(12-16-52)8-4-24(28)32(40-36)44-35-27-19-47(11-15-51)7-3-23(27)30(39-35)42-33/h1-8,17-20,49-52H,9-16H2,(H,37,38,39,40,41,42,43,44)/q+3/p+1. The molecule has 7 aromatic rings. The van der Waals surface area contributed by atoms with Crippen LogP contribution in [0, 0.1) is 0 Å². The van der Waals surface area contributed by atoms with E-state index in [1.54, 1.807) is 0 Å². The van der Waals surface area contributed by atoms with Gasteiger partial charge < -0.3 is 30.4 Å². The van der Waals surface area contributed by atoms with Gasteiger partial charge in [0.15, 0.2) is 99.1 Å². The first kappa shape index (κ1) is 31.8. The van der Waals surface area contributed by atoms with E-state index in [1.807, 2.05) is 92.1 Å². The summed E-state index contributed by atoms with van der Waals surface area (Å²) >= 11 is 0. The molecule has 0 fully saturated rings. The van der Waals surface area contributed by atoms with E-state index < -0.39 is 0 Å². The van der Waals surface area contributed by atoms with Crippen molar-refractivity contribution in [1.82, 2.24) is 39.9 Å². The van der Waals surface area contributed by atoms with E-state index in [0.717, 1.165) is 43.8 Å². The minimum absolute atomic E-state index is 0.0297. The lowest BCUT2D eigenvalue weighted by atomic mass is 10.1. The van der Waals surface area contributed by atoms with Crippen molar-refractivity contribution in [3.05, 3.63) is 73.8 Å². The Bertz CT molecular complexity index is 2540. The highest BCUT2D eigenvalue weighted by Gasteiger charge is 2.26. The van der Waals surface area contributed by atoms with Crippen molar-refractivity contribution in [2.75, 3.05) is 26.4 Å². The van der Waals surface area contributed by atoms with E-state index in [2.05, 4.69) is 9.97 Å². The average molecular weight is 699 g/mol. The van der Waals surface area contributed by atoms with Gasteiger partial charge in [0.05, 0.1) is 21.9 Å². The summed E-state index contributed by atoms with van der Waals surface area (Å²) in [6.45, 7) is 1.46. The third-order valence-electron chi connectivity index (χ3n) is 9.26. The van der Waals surface area contributed by atoms with Crippen molar-refractivity contribution in [2.45, 2.75) is 26.2 Å². The number of pyridine rings is 4. The summed E-state index contributed by atoms with van der Waals surface area (Å²) in [5.41, 5.74) is 5.10. The molecule has 52 heavy (non-hydrogen) atoms. The van der Waals surface area contributed by atoms with E-state index in [-0.39, 0.29) is 26.4 Å². The molecular weight excluding hydrogens is 664 g/mol. The third kappa shape index (κ3) is 5.41. The van der Waals surface area contributed by atoms with Gasteiger partial charge in [-0.2, -0.15) is 0 Å². The highest BCUT2D eigenvalue weighted by Crippen LogP contribution is 2.35. The minimum atomic E-state index is -0.0317. The zero-order chi connectivity index (χ0) is 35.3. The first-order valence-corrected chi connectivity index (χ1v) is 16.9. The van der Waals surface area contributed by atoms with Gasteiger partial charge >= 0.3 is 0 Å². The molecular formula is C36H34N12O4+4. The normalized spacial score (nSPS) is 12.1. The Balaban J connectivity index is 1.44. The van der Waals surface area contributed by atoms with Gasteiger partial charge in [-0.05, 0) is 0 Å². The summed E-state index contributed by atoms with van der Waals surface area (Å²) < 4.78 is 7.54. The summed E-state index contributed by atoms with van der Waals surface area (Å²) in [5.74, 6) is 1.74. The summed E-state index contributed by atoms with van der Waals surface area (Å²) in [6, 6.07) is 7.69. The fourth-order valence-corrected chi connectivity index (χ4v) is 6.76. The molecule has 0 aliphatic carbocycles. The van der Waals surface area contributed by atoms with Crippen molar-refractivity contribution in [3.8, 4) is 45.6 Å². The SMILES string of the molecule is OCC[n+]1ccc2c(c1)-c1nc-2nc2[nH]c(nc3nc(nc4[nH]c(n1)c1cc[n+](CCO)cc41)-c1cc[n+](CCO)cc1-3)c1cc[n+](CCO)cc21. The van der Waals surface area contributed by atoms with E-state index in [4.69, 9.17) is 29.9 Å². The zero-order valence-corrected chi connectivity index (χ0v) is 27.8. The fourth-order valence-electron chi connectivity index (χ4n) is 6.76. The quantitative estimate of drug-likeness (QED) is 0.117. The number of aromatic nitrogens is 12. The highest BCUT2D eigenvalue weighted by atomic mass is 16.3. The lowest BCUT2D eigenvalue weighted by molar-refractivity contribution is -0.697. The second-order valence-electron chi connectivity index (χ2n) is 12.5. The number of nitrogens with one attached hydrogen (secondary N) is 2. The lowest BCUT2D eigenvalue weighted by Gasteiger charge is -1.98. The van der Waals surface area contributed by atoms with Crippen LogP contribution in [-0.2, 0) is 26.2 Å². The molecule has 2 aliphatic rings. The molecule has 9 heterocycles. The second kappa shape index (κ2) is 12.8. The molecule has 0 saturated carbocycles. The summed E-state index contributed by atoms with van der Waals surface area (Å²) in [6.07, 6.45) is 15.2. The molecule has 16 nitrogen and oxygen atoms in total. The van der Waals surface area contributed by atoms with Gasteiger partial charge in [-0.1, -0.05) is 0 Å². The molecule has 8 bridgehead atoms. The number of hydrogen-bond acceptors (Lipinski definition) is 10. The molecule has 0 aromatic carbocycles. The Morgan fingerprint density at radius 2 is 0.712 bits per heavy atom. The number of hydrogen-bond donors (Lipinski definition) is 6. The van der Waals surface area contributed by atoms with E-state index in [0.29, 0.717) is 72.1 Å². The maximum absolute atomic E-state index is 9.70. The fraction of sp³-hybridized carbons (Fsp3) is 0.222. The second-order valence-corrected chi connectivity index (χ2v) is 12.5. The molecule has 0 amide bonds. The maximum atomic E-state index is 9.70. The molecule has 0 saturated heterocycles. The van der Waals surface area contributed by atoms with Crippen molar-refractivity contribution in [2.24, 2.45) is 0 Å². The summed E-state index contributed by atoms with van der Waals surface area (Å²) in [4.78, 5) is 37.0. The van der Waals surface area contributed by atoms with Gasteiger partial charge in [0.1, 0.15) is 49.0 Å². The number of aromatic amines is 2. The molecule has 0 radical (unpaired) electrons. The van der Waals surface area contributed by atoms with Crippen LogP contribution in [0.15, 0.2) is 73.8 Å². The van der Waals surface area contributed by atoms with Crippen LogP contribution in [0.25, 0.3) is 89.7 Å². The Kier molecular flexibility index (Phi) is 7.84. The van der Waals surface area contributed by atoms with Crippen LogP contribution >= 0.6 is 0 Å². The summed E-state index contributed by atoms with van der Waals surface area (Å²) in [7, 11) is 0. The topological polar surface area (TPSA) is 205 Å². The van der Waals surface area contributed by atoms with Gasteiger partial charge in [-0.25, -0.2) is 48.2 Å². The Labute approximate surface area is 294 Å². The van der Waals surface area contributed by atoms with Crippen LogP contribution in [0.4, 0.5) is 0 Å². The first-order chi connectivity index (χ1) is 25.5. The predicted molar refractivity (Wildman–Crippen MR) is 185 cm³/mol. The largest absolute Gasteiger partial charge is 0.390 e. The number of rotatable bonds is 8. The molecule has 6 N–H and O–H groups in total. The van der Waals surface area contributed by atoms with Gasteiger partial charge in [0.25, 0.3) is 0 Å². The number of H-pyrrole nitrogens is 2. The molecule has 0 spiro atoms. The van der Waals surface area contributed by atoms with Crippen LogP contribution in [0.2, 0.25) is 0 Å². The molecule has 0 unspecified atom stereocenters. The molecule has 7 aromatic heterocycles. The molecule has 2 aliphatic heterocycles. The van der Waals surface area contributed by atoms with Crippen molar-refractivity contribution >= 4 is 44.1 Å². The summed E-state index contributed by atoms with van der Waals surface area (Å²) in [5, 5.41) is 41.9. The van der Waals surface area contributed by atoms with Gasteiger partial charge in [-0.3, -0.25) is 0 Å². The smallest absolute Gasteiger partial charge is 0.180 e. The third-order valence-corrected chi connectivity index (χ3v) is 9.26. The maximum Gasteiger partial charge on any atom is 0.180 e. The van der Waals surface area contributed by atoms with Crippen molar-refractivity contribution in [1.29, 1.82) is 0 Å². The van der Waals surface area contributed by atoms with Gasteiger partial charge in [0, 0.05) is 46.2 Å². The number of nitrogens with zero attached hydrogens (tertiary/aromatic N) is 10. The van der Waals surface area contributed by atoms with Crippen LogP contribution in [0.5, 0.6) is 0 Å². The predicted octanol–water partition coefficient (Wildman–Crippen LogP) is -0.0116. The van der Waals surface area contributed by atoms with E-state index >= 15 is 0 Å². The van der Waals surface area contributed by atoms with E-state index in [1.165, 1.54) is 0 Å². The lowest BCUT2D eigenvalue weighted by Crippen LogP contribution is -2.34. The van der Waals surface area contributed by atoms with Crippen LogP contribution in [-0.4, -0.2) is 86.7 Å². The number of fused-ring (bicyclic) bond motifs is 20. The monoisotopic (exact) mass is 698 g/mol. The minimum Gasteiger partial charge on any atom is -0.390 e. The van der Waals surface area contributed by atoms with Crippen LogP contribution < -0.4 is 18.3 Å². The van der Waals surface area contributed by atoms with Gasteiger partial charge in [-0.15, -0.1) is 0 Å².